The van der Waals surface area contributed by atoms with Gasteiger partial charge in [0.2, 0.25) is 0 Å². The van der Waals surface area contributed by atoms with Crippen molar-refractivity contribution in [2.45, 2.75) is 44.6 Å². The molecule has 1 unspecified atom stereocenters. The normalized spacial score (nSPS) is 24.1. The van der Waals surface area contributed by atoms with Gasteiger partial charge in [-0.3, -0.25) is 0 Å². The third-order valence-electron chi connectivity index (χ3n) is 4.26. The van der Waals surface area contributed by atoms with E-state index in [0.29, 0.717) is 11.5 Å². The summed E-state index contributed by atoms with van der Waals surface area (Å²) in [5, 5.41) is 18.6. The molecule has 1 aliphatic carbocycles. The van der Waals surface area contributed by atoms with E-state index in [9.17, 15) is 9.90 Å². The highest BCUT2D eigenvalue weighted by atomic mass is 16.5. The van der Waals surface area contributed by atoms with Crippen molar-refractivity contribution < 1.29 is 19.7 Å². The molecule has 1 aromatic rings. The standard InChI is InChI=1S/C16H22O4/c1-10-3-5-11(6-4-10)13-9-12(15(17)16(18)19)7-8-14(13)20-2/h7-11,15,17H,3-6H2,1-2H3,(H,18,19). The van der Waals surface area contributed by atoms with E-state index < -0.39 is 12.1 Å². The molecule has 0 radical (unpaired) electrons. The first-order valence-electron chi connectivity index (χ1n) is 7.11. The Hall–Kier alpha value is -1.55. The van der Waals surface area contributed by atoms with Crippen LogP contribution in [0.5, 0.6) is 5.75 Å². The summed E-state index contributed by atoms with van der Waals surface area (Å²) >= 11 is 0. The van der Waals surface area contributed by atoms with E-state index in [0.717, 1.165) is 30.1 Å². The molecule has 2 rings (SSSR count). The molecule has 1 atom stereocenters. The first kappa shape index (κ1) is 14.9. The lowest BCUT2D eigenvalue weighted by molar-refractivity contribution is -0.146. The molecule has 1 fully saturated rings. The van der Waals surface area contributed by atoms with Crippen molar-refractivity contribution in [2.24, 2.45) is 5.92 Å². The minimum atomic E-state index is -1.47. The molecule has 0 bridgehead atoms. The topological polar surface area (TPSA) is 66.8 Å². The molecule has 1 aliphatic rings. The Balaban J connectivity index is 2.29. The van der Waals surface area contributed by atoms with Crippen LogP contribution >= 0.6 is 0 Å². The zero-order chi connectivity index (χ0) is 14.7. The van der Waals surface area contributed by atoms with Gasteiger partial charge in [0.05, 0.1) is 7.11 Å². The number of rotatable bonds is 4. The second-order valence-corrected chi connectivity index (χ2v) is 5.70. The van der Waals surface area contributed by atoms with Crippen molar-refractivity contribution in [1.29, 1.82) is 0 Å². The minimum Gasteiger partial charge on any atom is -0.496 e. The fourth-order valence-electron chi connectivity index (χ4n) is 2.96. The highest BCUT2D eigenvalue weighted by Gasteiger charge is 2.24. The van der Waals surface area contributed by atoms with Gasteiger partial charge >= 0.3 is 5.97 Å². The Bertz CT molecular complexity index is 475. The fourth-order valence-corrected chi connectivity index (χ4v) is 2.96. The predicted molar refractivity (Wildman–Crippen MR) is 76.0 cm³/mol. The van der Waals surface area contributed by atoms with Gasteiger partial charge in [0.15, 0.2) is 6.10 Å². The first-order valence-corrected chi connectivity index (χ1v) is 7.11. The molecule has 1 saturated carbocycles. The number of carboxylic acids is 1. The first-order chi connectivity index (χ1) is 9.52. The maximum absolute atomic E-state index is 10.9. The number of benzene rings is 1. The van der Waals surface area contributed by atoms with Crippen LogP contribution in [0.25, 0.3) is 0 Å². The Kier molecular flexibility index (Phi) is 4.65. The van der Waals surface area contributed by atoms with Gasteiger partial charge in [0.1, 0.15) is 5.75 Å². The van der Waals surface area contributed by atoms with Gasteiger partial charge in [-0.25, -0.2) is 4.79 Å². The highest BCUT2D eigenvalue weighted by molar-refractivity contribution is 5.74. The van der Waals surface area contributed by atoms with E-state index >= 15 is 0 Å². The maximum Gasteiger partial charge on any atom is 0.337 e. The number of carbonyl (C=O) groups is 1. The Morgan fingerprint density at radius 2 is 1.95 bits per heavy atom. The lowest BCUT2D eigenvalue weighted by Crippen LogP contribution is -2.14. The largest absolute Gasteiger partial charge is 0.496 e. The van der Waals surface area contributed by atoms with E-state index in [1.165, 1.54) is 12.8 Å². The van der Waals surface area contributed by atoms with Crippen LogP contribution in [0.15, 0.2) is 18.2 Å². The van der Waals surface area contributed by atoms with E-state index in [2.05, 4.69) is 6.92 Å². The Labute approximate surface area is 119 Å². The van der Waals surface area contributed by atoms with Crippen molar-refractivity contribution in [1.82, 2.24) is 0 Å². The lowest BCUT2D eigenvalue weighted by Gasteiger charge is -2.28. The van der Waals surface area contributed by atoms with E-state index in [4.69, 9.17) is 9.84 Å². The van der Waals surface area contributed by atoms with Gasteiger partial charge < -0.3 is 14.9 Å². The number of carboxylic acid groups (broad SMARTS) is 1. The molecule has 0 aromatic heterocycles. The molecule has 0 saturated heterocycles. The number of hydrogen-bond donors (Lipinski definition) is 2. The molecule has 4 heteroatoms. The number of aliphatic carboxylic acids is 1. The molecule has 110 valence electrons. The maximum atomic E-state index is 10.9. The fraction of sp³-hybridized carbons (Fsp3) is 0.562. The van der Waals surface area contributed by atoms with Crippen LogP contribution in [0.3, 0.4) is 0 Å². The van der Waals surface area contributed by atoms with Crippen LogP contribution in [0, 0.1) is 5.92 Å². The summed E-state index contributed by atoms with van der Waals surface area (Å²) in [4.78, 5) is 10.9. The SMILES string of the molecule is COc1ccc(C(O)C(=O)O)cc1C1CCC(C)CC1. The highest BCUT2D eigenvalue weighted by Crippen LogP contribution is 2.40. The van der Waals surface area contributed by atoms with Crippen LogP contribution in [-0.2, 0) is 4.79 Å². The van der Waals surface area contributed by atoms with Gasteiger partial charge in [0, 0.05) is 0 Å². The van der Waals surface area contributed by atoms with Crippen LogP contribution in [0.2, 0.25) is 0 Å². The van der Waals surface area contributed by atoms with Gasteiger partial charge in [0.25, 0.3) is 0 Å². The van der Waals surface area contributed by atoms with Gasteiger partial charge in [-0.2, -0.15) is 0 Å². The average molecular weight is 278 g/mol. The average Bonchev–Trinajstić information content (AvgIpc) is 2.46. The Morgan fingerprint density at radius 3 is 2.50 bits per heavy atom. The summed E-state index contributed by atoms with van der Waals surface area (Å²) in [7, 11) is 1.62. The molecule has 2 N–H and O–H groups in total. The number of methoxy groups -OCH3 is 1. The number of aliphatic hydroxyl groups excluding tert-OH is 1. The summed E-state index contributed by atoms with van der Waals surface area (Å²) in [5.41, 5.74) is 1.45. The molecular formula is C16H22O4. The summed E-state index contributed by atoms with van der Waals surface area (Å²) in [6.45, 7) is 2.26. The van der Waals surface area contributed by atoms with Crippen molar-refractivity contribution in [3.63, 3.8) is 0 Å². The van der Waals surface area contributed by atoms with Crippen molar-refractivity contribution in [3.8, 4) is 5.75 Å². The molecule has 0 spiro atoms. The Morgan fingerprint density at radius 1 is 1.30 bits per heavy atom. The minimum absolute atomic E-state index is 0.391. The third kappa shape index (κ3) is 3.12. The number of ether oxygens (including phenoxy) is 1. The monoisotopic (exact) mass is 278 g/mol. The molecule has 4 nitrogen and oxygen atoms in total. The number of aliphatic hydroxyl groups is 1. The molecular weight excluding hydrogens is 256 g/mol. The molecule has 0 amide bonds. The second-order valence-electron chi connectivity index (χ2n) is 5.70. The molecule has 20 heavy (non-hydrogen) atoms. The van der Waals surface area contributed by atoms with Crippen molar-refractivity contribution >= 4 is 5.97 Å². The smallest absolute Gasteiger partial charge is 0.337 e. The van der Waals surface area contributed by atoms with E-state index in [-0.39, 0.29) is 0 Å². The van der Waals surface area contributed by atoms with Crippen LogP contribution in [0.4, 0.5) is 0 Å². The molecule has 0 aliphatic heterocycles. The molecule has 1 aromatic carbocycles. The van der Waals surface area contributed by atoms with Crippen molar-refractivity contribution in [2.75, 3.05) is 7.11 Å². The zero-order valence-electron chi connectivity index (χ0n) is 12.0. The van der Waals surface area contributed by atoms with Crippen LogP contribution < -0.4 is 4.74 Å². The summed E-state index contributed by atoms with van der Waals surface area (Å²) in [6.07, 6.45) is 3.06. The summed E-state index contributed by atoms with van der Waals surface area (Å²) < 4.78 is 5.39. The van der Waals surface area contributed by atoms with E-state index in [1.54, 1.807) is 25.3 Å². The third-order valence-corrected chi connectivity index (χ3v) is 4.26. The van der Waals surface area contributed by atoms with Gasteiger partial charge in [-0.1, -0.05) is 25.8 Å². The van der Waals surface area contributed by atoms with Crippen molar-refractivity contribution in [3.05, 3.63) is 29.3 Å². The number of hydrogen-bond acceptors (Lipinski definition) is 3. The van der Waals surface area contributed by atoms with Gasteiger partial charge in [-0.15, -0.1) is 0 Å². The summed E-state index contributed by atoms with van der Waals surface area (Å²) in [6, 6.07) is 5.17. The quantitative estimate of drug-likeness (QED) is 0.888. The van der Waals surface area contributed by atoms with Crippen LogP contribution in [0.1, 0.15) is 55.8 Å². The van der Waals surface area contributed by atoms with Gasteiger partial charge in [-0.05, 0) is 47.9 Å². The van der Waals surface area contributed by atoms with E-state index in [1.807, 2.05) is 0 Å². The predicted octanol–water partition coefficient (Wildman–Crippen LogP) is 3.11. The molecule has 0 heterocycles. The summed E-state index contributed by atoms with van der Waals surface area (Å²) in [5.74, 6) is 0.705. The lowest BCUT2D eigenvalue weighted by atomic mass is 9.78. The second kappa shape index (κ2) is 6.27. The zero-order valence-corrected chi connectivity index (χ0v) is 12.0. The van der Waals surface area contributed by atoms with Crippen LogP contribution in [-0.4, -0.2) is 23.3 Å².